The van der Waals surface area contributed by atoms with Crippen molar-refractivity contribution in [3.05, 3.63) is 46.8 Å². The average Bonchev–Trinajstić information content (AvgIpc) is 2.41. The molecule has 0 saturated carbocycles. The van der Waals surface area contributed by atoms with Crippen molar-refractivity contribution in [1.82, 2.24) is 9.97 Å². The standard InChI is InChI=1S/C12H11BrN4O/c1-17(8-3-2-4-15-6-8)12(18)9-5-11(14)16-7-10(9)13/h2-7H,1H3,(H2,14,16). The van der Waals surface area contributed by atoms with Crippen molar-refractivity contribution in [3.63, 3.8) is 0 Å². The predicted octanol–water partition coefficient (Wildman–Crippen LogP) is 2.10. The number of carbonyl (C=O) groups is 1. The topological polar surface area (TPSA) is 72.1 Å². The van der Waals surface area contributed by atoms with E-state index in [1.807, 2.05) is 6.07 Å². The number of hydrogen-bond donors (Lipinski definition) is 1. The minimum absolute atomic E-state index is 0.177. The highest BCUT2D eigenvalue weighted by molar-refractivity contribution is 9.10. The zero-order valence-corrected chi connectivity index (χ0v) is 11.3. The van der Waals surface area contributed by atoms with Gasteiger partial charge in [0.25, 0.3) is 5.91 Å². The molecule has 2 aromatic heterocycles. The monoisotopic (exact) mass is 306 g/mol. The molecule has 2 N–H and O–H groups in total. The fourth-order valence-electron chi connectivity index (χ4n) is 1.47. The summed E-state index contributed by atoms with van der Waals surface area (Å²) in [5.41, 5.74) is 6.77. The van der Waals surface area contributed by atoms with Gasteiger partial charge in [0, 0.05) is 23.9 Å². The number of nitrogen functional groups attached to an aromatic ring is 1. The van der Waals surface area contributed by atoms with E-state index in [9.17, 15) is 4.79 Å². The number of carbonyl (C=O) groups excluding carboxylic acids is 1. The fourth-order valence-corrected chi connectivity index (χ4v) is 1.86. The van der Waals surface area contributed by atoms with Crippen LogP contribution in [0.1, 0.15) is 10.4 Å². The molecule has 0 unspecified atom stereocenters. The second-order valence-electron chi connectivity index (χ2n) is 3.66. The number of nitrogens with two attached hydrogens (primary N) is 1. The zero-order valence-electron chi connectivity index (χ0n) is 9.67. The van der Waals surface area contributed by atoms with Crippen LogP contribution in [0.15, 0.2) is 41.3 Å². The third-order valence-corrected chi connectivity index (χ3v) is 3.08. The Balaban J connectivity index is 2.34. The van der Waals surface area contributed by atoms with Crippen molar-refractivity contribution in [2.75, 3.05) is 17.7 Å². The van der Waals surface area contributed by atoms with Crippen LogP contribution in [-0.4, -0.2) is 22.9 Å². The highest BCUT2D eigenvalue weighted by atomic mass is 79.9. The highest BCUT2D eigenvalue weighted by Gasteiger charge is 2.17. The molecule has 0 spiro atoms. The van der Waals surface area contributed by atoms with Gasteiger partial charge in [-0.2, -0.15) is 0 Å². The molecule has 0 bridgehead atoms. The minimum Gasteiger partial charge on any atom is -0.384 e. The van der Waals surface area contributed by atoms with Crippen LogP contribution >= 0.6 is 15.9 Å². The number of rotatable bonds is 2. The number of halogens is 1. The van der Waals surface area contributed by atoms with Crippen molar-refractivity contribution in [2.45, 2.75) is 0 Å². The van der Waals surface area contributed by atoms with Gasteiger partial charge in [-0.05, 0) is 34.1 Å². The molecule has 0 aromatic carbocycles. The number of anilines is 2. The van der Waals surface area contributed by atoms with Gasteiger partial charge >= 0.3 is 0 Å². The fraction of sp³-hybridized carbons (Fsp3) is 0.0833. The van der Waals surface area contributed by atoms with Gasteiger partial charge in [-0.15, -0.1) is 0 Å². The van der Waals surface area contributed by atoms with Gasteiger partial charge in [0.15, 0.2) is 0 Å². The predicted molar refractivity (Wildman–Crippen MR) is 73.3 cm³/mol. The van der Waals surface area contributed by atoms with Gasteiger partial charge in [0.05, 0.1) is 17.4 Å². The van der Waals surface area contributed by atoms with E-state index >= 15 is 0 Å². The Morgan fingerprint density at radius 1 is 1.44 bits per heavy atom. The molecule has 0 aliphatic rings. The Morgan fingerprint density at radius 3 is 2.89 bits per heavy atom. The van der Waals surface area contributed by atoms with Gasteiger partial charge < -0.3 is 10.6 Å². The third kappa shape index (κ3) is 2.48. The summed E-state index contributed by atoms with van der Waals surface area (Å²) in [7, 11) is 1.68. The Labute approximate surface area is 113 Å². The number of hydrogen-bond acceptors (Lipinski definition) is 4. The van der Waals surface area contributed by atoms with Crippen LogP contribution in [0.3, 0.4) is 0 Å². The van der Waals surface area contributed by atoms with Crippen molar-refractivity contribution in [1.29, 1.82) is 0 Å². The molecule has 1 amide bonds. The lowest BCUT2D eigenvalue weighted by atomic mass is 10.2. The van der Waals surface area contributed by atoms with E-state index in [0.717, 1.165) is 0 Å². The summed E-state index contributed by atoms with van der Waals surface area (Å²) in [6.45, 7) is 0. The van der Waals surface area contributed by atoms with E-state index in [0.29, 0.717) is 21.5 Å². The van der Waals surface area contributed by atoms with Crippen LogP contribution in [0.5, 0.6) is 0 Å². The SMILES string of the molecule is CN(C(=O)c1cc(N)ncc1Br)c1cccnc1. The molecule has 0 aliphatic heterocycles. The van der Waals surface area contributed by atoms with Crippen molar-refractivity contribution in [2.24, 2.45) is 0 Å². The molecule has 0 radical (unpaired) electrons. The van der Waals surface area contributed by atoms with Gasteiger partial charge in [-0.25, -0.2) is 4.98 Å². The highest BCUT2D eigenvalue weighted by Crippen LogP contribution is 2.21. The minimum atomic E-state index is -0.177. The van der Waals surface area contributed by atoms with E-state index in [1.165, 1.54) is 11.1 Å². The first kappa shape index (κ1) is 12.5. The van der Waals surface area contributed by atoms with Gasteiger partial charge in [-0.1, -0.05) is 0 Å². The molecule has 2 rings (SSSR count). The number of aromatic nitrogens is 2. The smallest absolute Gasteiger partial charge is 0.259 e. The summed E-state index contributed by atoms with van der Waals surface area (Å²) in [4.78, 5) is 21.7. The van der Waals surface area contributed by atoms with E-state index in [1.54, 1.807) is 31.6 Å². The normalized spacial score (nSPS) is 10.1. The average molecular weight is 307 g/mol. The Morgan fingerprint density at radius 2 is 2.22 bits per heavy atom. The summed E-state index contributed by atoms with van der Waals surface area (Å²) < 4.78 is 0.609. The first-order valence-corrected chi connectivity index (χ1v) is 5.98. The second-order valence-corrected chi connectivity index (χ2v) is 4.52. The van der Waals surface area contributed by atoms with Crippen LogP contribution in [0.2, 0.25) is 0 Å². The Kier molecular flexibility index (Phi) is 3.57. The molecule has 2 heterocycles. The molecular formula is C12H11BrN4O. The lowest BCUT2D eigenvalue weighted by Crippen LogP contribution is -2.26. The lowest BCUT2D eigenvalue weighted by Gasteiger charge is -2.17. The third-order valence-electron chi connectivity index (χ3n) is 2.44. The first-order chi connectivity index (χ1) is 8.59. The molecule has 92 valence electrons. The Hall–Kier alpha value is -1.95. The maximum absolute atomic E-state index is 12.3. The molecule has 18 heavy (non-hydrogen) atoms. The molecule has 0 fully saturated rings. The summed E-state index contributed by atoms with van der Waals surface area (Å²) in [6, 6.07) is 5.12. The molecule has 0 atom stereocenters. The van der Waals surface area contributed by atoms with Gasteiger partial charge in [0.2, 0.25) is 0 Å². The second kappa shape index (κ2) is 5.14. The molecule has 0 saturated heterocycles. The van der Waals surface area contributed by atoms with Crippen LogP contribution in [0, 0.1) is 0 Å². The van der Waals surface area contributed by atoms with E-state index in [4.69, 9.17) is 5.73 Å². The largest absolute Gasteiger partial charge is 0.384 e. The van der Waals surface area contributed by atoms with E-state index in [-0.39, 0.29) is 5.91 Å². The number of amides is 1. The summed E-state index contributed by atoms with van der Waals surface area (Å²) >= 11 is 3.29. The van der Waals surface area contributed by atoms with Crippen molar-refractivity contribution >= 4 is 33.3 Å². The molecular weight excluding hydrogens is 296 g/mol. The van der Waals surface area contributed by atoms with Gasteiger partial charge in [0.1, 0.15) is 5.82 Å². The number of pyridine rings is 2. The summed E-state index contributed by atoms with van der Waals surface area (Å²) in [5, 5.41) is 0. The van der Waals surface area contributed by atoms with Crippen LogP contribution in [0.25, 0.3) is 0 Å². The Bertz CT molecular complexity index is 574. The zero-order chi connectivity index (χ0) is 13.1. The molecule has 6 heteroatoms. The molecule has 5 nitrogen and oxygen atoms in total. The quantitative estimate of drug-likeness (QED) is 0.922. The van der Waals surface area contributed by atoms with E-state index in [2.05, 4.69) is 25.9 Å². The van der Waals surface area contributed by atoms with Crippen LogP contribution in [0.4, 0.5) is 11.5 Å². The van der Waals surface area contributed by atoms with Gasteiger partial charge in [-0.3, -0.25) is 9.78 Å². The molecule has 0 aliphatic carbocycles. The summed E-state index contributed by atoms with van der Waals surface area (Å²) in [6.07, 6.45) is 4.79. The summed E-state index contributed by atoms with van der Waals surface area (Å²) in [5.74, 6) is 0.130. The maximum atomic E-state index is 12.3. The molecule has 2 aromatic rings. The maximum Gasteiger partial charge on any atom is 0.259 e. The van der Waals surface area contributed by atoms with E-state index < -0.39 is 0 Å². The first-order valence-electron chi connectivity index (χ1n) is 5.18. The lowest BCUT2D eigenvalue weighted by molar-refractivity contribution is 0.0992. The number of nitrogens with zero attached hydrogens (tertiary/aromatic N) is 3. The van der Waals surface area contributed by atoms with Crippen LogP contribution in [-0.2, 0) is 0 Å². The van der Waals surface area contributed by atoms with Crippen molar-refractivity contribution in [3.8, 4) is 0 Å². The van der Waals surface area contributed by atoms with Crippen molar-refractivity contribution < 1.29 is 4.79 Å². The van der Waals surface area contributed by atoms with Crippen LogP contribution < -0.4 is 10.6 Å².